The lowest BCUT2D eigenvalue weighted by Gasteiger charge is -2.37. The van der Waals surface area contributed by atoms with Crippen LogP contribution in [0, 0.1) is 0 Å². The lowest BCUT2D eigenvalue weighted by molar-refractivity contribution is 0.246. The van der Waals surface area contributed by atoms with Gasteiger partial charge in [-0.1, -0.05) is 6.42 Å². The van der Waals surface area contributed by atoms with Crippen molar-refractivity contribution in [3.63, 3.8) is 0 Å². The Balaban J connectivity index is 2.03. The second-order valence-electron chi connectivity index (χ2n) is 4.60. The van der Waals surface area contributed by atoms with Gasteiger partial charge in [-0.15, -0.1) is 0 Å². The van der Waals surface area contributed by atoms with E-state index in [0.29, 0.717) is 0 Å². The Morgan fingerprint density at radius 3 is 2.20 bits per heavy atom. The highest BCUT2D eigenvalue weighted by atomic mass is 32.2. The Morgan fingerprint density at radius 2 is 1.73 bits per heavy atom. The lowest BCUT2D eigenvalue weighted by Crippen LogP contribution is -2.48. The maximum atomic E-state index is 12.2. The van der Waals surface area contributed by atoms with Crippen LogP contribution in [0.3, 0.4) is 0 Å². The van der Waals surface area contributed by atoms with Crippen LogP contribution in [0.1, 0.15) is 32.1 Å². The topological polar surface area (TPSA) is 49.4 Å². The van der Waals surface area contributed by atoms with Gasteiger partial charge in [0, 0.05) is 13.1 Å². The number of hydrogen-bond donors (Lipinski definition) is 1. The van der Waals surface area contributed by atoms with Crippen molar-refractivity contribution < 1.29 is 8.42 Å². The van der Waals surface area contributed by atoms with Crippen LogP contribution in [0.2, 0.25) is 0 Å². The lowest BCUT2D eigenvalue weighted by atomic mass is 9.93. The van der Waals surface area contributed by atoms with Gasteiger partial charge in [0.15, 0.2) is 0 Å². The molecule has 4 nitrogen and oxygen atoms in total. The third-order valence-corrected chi connectivity index (χ3v) is 6.11. The van der Waals surface area contributed by atoms with Gasteiger partial charge in [0.2, 0.25) is 10.0 Å². The second-order valence-corrected chi connectivity index (χ2v) is 6.87. The molecule has 1 aliphatic heterocycles. The van der Waals surface area contributed by atoms with Crippen molar-refractivity contribution in [3.8, 4) is 0 Å². The molecule has 88 valence electrons. The summed E-state index contributed by atoms with van der Waals surface area (Å²) in [6, 6.07) is 0.282. The largest absolute Gasteiger partial charge is 0.317 e. The van der Waals surface area contributed by atoms with Gasteiger partial charge in [-0.25, -0.2) is 12.7 Å². The number of piperidine rings is 1. The molecule has 1 saturated heterocycles. The van der Waals surface area contributed by atoms with Crippen LogP contribution in [-0.4, -0.2) is 44.2 Å². The van der Waals surface area contributed by atoms with E-state index in [1.165, 1.54) is 6.42 Å². The van der Waals surface area contributed by atoms with Crippen LogP contribution in [0.4, 0.5) is 0 Å². The summed E-state index contributed by atoms with van der Waals surface area (Å²) in [7, 11) is -1.28. The molecule has 0 aromatic rings. The van der Waals surface area contributed by atoms with E-state index >= 15 is 0 Å². The molecule has 1 aliphatic carbocycles. The summed E-state index contributed by atoms with van der Waals surface area (Å²) >= 11 is 0. The molecule has 0 atom stereocenters. The first-order valence-corrected chi connectivity index (χ1v) is 7.30. The summed E-state index contributed by atoms with van der Waals surface area (Å²) in [6.07, 6.45) is 4.79. The number of sulfonamides is 1. The molecule has 1 N–H and O–H groups in total. The minimum absolute atomic E-state index is 0.149. The van der Waals surface area contributed by atoms with Crippen molar-refractivity contribution in [1.29, 1.82) is 0 Å². The minimum Gasteiger partial charge on any atom is -0.317 e. The summed E-state index contributed by atoms with van der Waals surface area (Å²) in [6.45, 7) is 1.67. The summed E-state index contributed by atoms with van der Waals surface area (Å²) in [5.74, 6) is 0. The predicted octanol–water partition coefficient (Wildman–Crippen LogP) is 0.552. The van der Waals surface area contributed by atoms with Crippen molar-refractivity contribution >= 4 is 10.0 Å². The Kier molecular flexibility index (Phi) is 3.33. The van der Waals surface area contributed by atoms with Gasteiger partial charge in [0.1, 0.15) is 0 Å². The standard InChI is InChI=1S/C10H20N2O2S/c1-12(9-3-2-4-9)15(13,14)10-5-7-11-8-6-10/h9-11H,2-8H2,1H3. The van der Waals surface area contributed by atoms with Crippen LogP contribution >= 0.6 is 0 Å². The van der Waals surface area contributed by atoms with Crippen LogP contribution in [0.15, 0.2) is 0 Å². The van der Waals surface area contributed by atoms with E-state index in [0.717, 1.165) is 38.8 Å². The SMILES string of the molecule is CN(C1CCC1)S(=O)(=O)C1CCNCC1. The van der Waals surface area contributed by atoms with Gasteiger partial charge < -0.3 is 5.32 Å². The molecule has 2 rings (SSSR count). The van der Waals surface area contributed by atoms with E-state index in [-0.39, 0.29) is 11.3 Å². The Hall–Kier alpha value is -0.130. The number of nitrogens with zero attached hydrogens (tertiary/aromatic N) is 1. The van der Waals surface area contributed by atoms with Gasteiger partial charge >= 0.3 is 0 Å². The van der Waals surface area contributed by atoms with Crippen molar-refractivity contribution in [3.05, 3.63) is 0 Å². The van der Waals surface area contributed by atoms with Gasteiger partial charge in [0.25, 0.3) is 0 Å². The first-order chi connectivity index (χ1) is 7.12. The summed E-state index contributed by atoms with van der Waals surface area (Å²) in [5, 5.41) is 3.05. The van der Waals surface area contributed by atoms with Crippen LogP contribution < -0.4 is 5.32 Å². The molecule has 0 spiro atoms. The fourth-order valence-corrected chi connectivity index (χ4v) is 4.21. The average molecular weight is 232 g/mol. The molecule has 1 heterocycles. The predicted molar refractivity (Wildman–Crippen MR) is 60.2 cm³/mol. The molecule has 1 saturated carbocycles. The maximum absolute atomic E-state index is 12.2. The van der Waals surface area contributed by atoms with Gasteiger partial charge in [0.05, 0.1) is 5.25 Å². The molecule has 15 heavy (non-hydrogen) atoms. The van der Waals surface area contributed by atoms with Gasteiger partial charge in [-0.2, -0.15) is 0 Å². The number of nitrogens with one attached hydrogen (secondary N) is 1. The quantitative estimate of drug-likeness (QED) is 0.773. The average Bonchev–Trinajstić information content (AvgIpc) is 2.16. The molecule has 0 aromatic carbocycles. The smallest absolute Gasteiger partial charge is 0.217 e. The molecule has 0 unspecified atom stereocenters. The molecule has 2 aliphatic rings. The maximum Gasteiger partial charge on any atom is 0.217 e. The highest BCUT2D eigenvalue weighted by molar-refractivity contribution is 7.89. The first-order valence-electron chi connectivity index (χ1n) is 5.80. The van der Waals surface area contributed by atoms with E-state index in [2.05, 4.69) is 5.32 Å². The molecular formula is C10H20N2O2S. The van der Waals surface area contributed by atoms with E-state index in [1.807, 2.05) is 0 Å². The molecule has 2 fully saturated rings. The summed E-state index contributed by atoms with van der Waals surface area (Å²) in [5.41, 5.74) is 0. The third kappa shape index (κ3) is 2.19. The Bertz CT molecular complexity index is 297. The van der Waals surface area contributed by atoms with Crippen molar-refractivity contribution in [2.45, 2.75) is 43.4 Å². The van der Waals surface area contributed by atoms with Crippen molar-refractivity contribution in [2.24, 2.45) is 0 Å². The van der Waals surface area contributed by atoms with Crippen molar-refractivity contribution in [2.75, 3.05) is 20.1 Å². The van der Waals surface area contributed by atoms with Crippen LogP contribution in [0.25, 0.3) is 0 Å². The molecule has 0 radical (unpaired) electrons. The second kappa shape index (κ2) is 4.39. The molecule has 5 heteroatoms. The van der Waals surface area contributed by atoms with Crippen LogP contribution in [-0.2, 0) is 10.0 Å². The van der Waals surface area contributed by atoms with E-state index in [4.69, 9.17) is 0 Å². The van der Waals surface area contributed by atoms with E-state index in [9.17, 15) is 8.42 Å². The summed E-state index contributed by atoms with van der Waals surface area (Å²) < 4.78 is 26.1. The Labute approximate surface area is 92.1 Å². The first kappa shape index (κ1) is 11.4. The molecule has 0 amide bonds. The number of hydrogen-bond acceptors (Lipinski definition) is 3. The number of rotatable bonds is 3. The monoisotopic (exact) mass is 232 g/mol. The van der Waals surface area contributed by atoms with Gasteiger partial charge in [-0.05, 0) is 38.8 Å². The van der Waals surface area contributed by atoms with Crippen LogP contribution in [0.5, 0.6) is 0 Å². The zero-order valence-electron chi connectivity index (χ0n) is 9.28. The highest BCUT2D eigenvalue weighted by Crippen LogP contribution is 2.28. The minimum atomic E-state index is -3.03. The Morgan fingerprint density at radius 1 is 1.13 bits per heavy atom. The summed E-state index contributed by atoms with van der Waals surface area (Å²) in [4.78, 5) is 0. The molecule has 0 aromatic heterocycles. The molecule has 0 bridgehead atoms. The molecular weight excluding hydrogens is 212 g/mol. The van der Waals surface area contributed by atoms with Gasteiger partial charge in [-0.3, -0.25) is 0 Å². The highest BCUT2D eigenvalue weighted by Gasteiger charge is 2.36. The van der Waals surface area contributed by atoms with E-state index in [1.54, 1.807) is 11.4 Å². The zero-order valence-corrected chi connectivity index (χ0v) is 10.1. The van der Waals surface area contributed by atoms with E-state index < -0.39 is 10.0 Å². The zero-order chi connectivity index (χ0) is 10.9. The fraction of sp³-hybridized carbons (Fsp3) is 1.00. The normalized spacial score (nSPS) is 25.5. The fourth-order valence-electron chi connectivity index (χ4n) is 2.29. The van der Waals surface area contributed by atoms with Crippen molar-refractivity contribution in [1.82, 2.24) is 9.62 Å². The third-order valence-electron chi connectivity index (χ3n) is 3.70.